The van der Waals surface area contributed by atoms with Crippen molar-refractivity contribution in [3.05, 3.63) is 35.6 Å². The van der Waals surface area contributed by atoms with Crippen LogP contribution in [0, 0.1) is 5.82 Å². The number of fused-ring (bicyclic) bond motifs is 2. The highest BCUT2D eigenvalue weighted by atomic mass is 19.1. The van der Waals surface area contributed by atoms with Gasteiger partial charge in [-0.2, -0.15) is 0 Å². The SMILES string of the molecule is Fc1ccc(CN2C3CCC2CNC3)cc1. The third-order valence-electron chi connectivity index (χ3n) is 3.81. The molecule has 2 nitrogen and oxygen atoms in total. The third kappa shape index (κ3) is 1.85. The van der Waals surface area contributed by atoms with Crippen molar-refractivity contribution in [2.45, 2.75) is 31.5 Å². The second kappa shape index (κ2) is 4.15. The lowest BCUT2D eigenvalue weighted by Crippen LogP contribution is -2.51. The predicted octanol–water partition coefficient (Wildman–Crippen LogP) is 1.76. The molecule has 2 unspecified atom stereocenters. The summed E-state index contributed by atoms with van der Waals surface area (Å²) in [4.78, 5) is 2.57. The molecule has 1 aromatic rings. The summed E-state index contributed by atoms with van der Waals surface area (Å²) in [5.41, 5.74) is 1.22. The number of nitrogens with one attached hydrogen (secondary N) is 1. The molecule has 2 fully saturated rings. The maximum absolute atomic E-state index is 12.8. The normalized spacial score (nSPS) is 29.6. The first-order valence-electron chi connectivity index (χ1n) is 6.04. The van der Waals surface area contributed by atoms with Crippen LogP contribution in [0.5, 0.6) is 0 Å². The van der Waals surface area contributed by atoms with Crippen molar-refractivity contribution in [1.82, 2.24) is 10.2 Å². The van der Waals surface area contributed by atoms with Crippen LogP contribution >= 0.6 is 0 Å². The van der Waals surface area contributed by atoms with Gasteiger partial charge in [0.1, 0.15) is 5.82 Å². The number of piperazine rings is 1. The highest BCUT2D eigenvalue weighted by molar-refractivity contribution is 5.16. The van der Waals surface area contributed by atoms with E-state index in [1.165, 1.54) is 18.4 Å². The van der Waals surface area contributed by atoms with Crippen LogP contribution in [0.15, 0.2) is 24.3 Å². The highest BCUT2D eigenvalue weighted by Crippen LogP contribution is 2.28. The minimum Gasteiger partial charge on any atom is -0.314 e. The van der Waals surface area contributed by atoms with Crippen molar-refractivity contribution in [3.63, 3.8) is 0 Å². The Balaban J connectivity index is 1.72. The van der Waals surface area contributed by atoms with Crippen molar-refractivity contribution in [2.24, 2.45) is 0 Å². The zero-order valence-corrected chi connectivity index (χ0v) is 9.32. The molecule has 3 rings (SSSR count). The molecule has 3 heteroatoms. The smallest absolute Gasteiger partial charge is 0.123 e. The molecule has 2 aliphatic heterocycles. The van der Waals surface area contributed by atoms with E-state index in [1.54, 1.807) is 12.1 Å². The van der Waals surface area contributed by atoms with Gasteiger partial charge in [0.05, 0.1) is 0 Å². The summed E-state index contributed by atoms with van der Waals surface area (Å²) in [6.07, 6.45) is 2.61. The van der Waals surface area contributed by atoms with Crippen LogP contribution in [0.4, 0.5) is 4.39 Å². The Morgan fingerprint density at radius 3 is 2.38 bits per heavy atom. The fourth-order valence-electron chi connectivity index (χ4n) is 2.93. The molecule has 86 valence electrons. The molecule has 0 radical (unpaired) electrons. The summed E-state index contributed by atoms with van der Waals surface area (Å²) in [6, 6.07) is 8.28. The van der Waals surface area contributed by atoms with Crippen LogP contribution in [0.2, 0.25) is 0 Å². The average Bonchev–Trinajstić information content (AvgIpc) is 2.52. The summed E-state index contributed by atoms with van der Waals surface area (Å²) >= 11 is 0. The molecule has 2 aliphatic rings. The van der Waals surface area contributed by atoms with E-state index in [0.717, 1.165) is 19.6 Å². The van der Waals surface area contributed by atoms with Crippen molar-refractivity contribution < 1.29 is 4.39 Å². The average molecular weight is 220 g/mol. The lowest BCUT2D eigenvalue weighted by atomic mass is 10.1. The van der Waals surface area contributed by atoms with E-state index < -0.39 is 0 Å². The topological polar surface area (TPSA) is 15.3 Å². The van der Waals surface area contributed by atoms with E-state index in [2.05, 4.69) is 10.2 Å². The lowest BCUT2D eigenvalue weighted by Gasteiger charge is -2.35. The molecule has 16 heavy (non-hydrogen) atoms. The molecule has 2 bridgehead atoms. The molecular formula is C13H17FN2. The largest absolute Gasteiger partial charge is 0.314 e. The standard InChI is InChI=1S/C13H17FN2/c14-11-3-1-10(2-4-11)9-16-12-5-6-13(16)8-15-7-12/h1-4,12-13,15H,5-9H2. The van der Waals surface area contributed by atoms with E-state index in [0.29, 0.717) is 12.1 Å². The van der Waals surface area contributed by atoms with Crippen LogP contribution in [0.1, 0.15) is 18.4 Å². The Kier molecular flexibility index (Phi) is 2.65. The van der Waals surface area contributed by atoms with Gasteiger partial charge in [0.2, 0.25) is 0 Å². The van der Waals surface area contributed by atoms with Gasteiger partial charge in [-0.1, -0.05) is 12.1 Å². The van der Waals surface area contributed by atoms with E-state index >= 15 is 0 Å². The zero-order valence-electron chi connectivity index (χ0n) is 9.32. The second-order valence-electron chi connectivity index (χ2n) is 4.84. The molecule has 0 aromatic heterocycles. The Labute approximate surface area is 95.4 Å². The maximum Gasteiger partial charge on any atom is 0.123 e. The summed E-state index contributed by atoms with van der Waals surface area (Å²) in [6.45, 7) is 3.19. The minimum absolute atomic E-state index is 0.146. The Morgan fingerprint density at radius 2 is 1.75 bits per heavy atom. The van der Waals surface area contributed by atoms with Gasteiger partial charge >= 0.3 is 0 Å². The molecule has 2 saturated heterocycles. The Morgan fingerprint density at radius 1 is 1.12 bits per heavy atom. The first-order valence-corrected chi connectivity index (χ1v) is 6.04. The van der Waals surface area contributed by atoms with E-state index in [4.69, 9.17) is 0 Å². The number of nitrogens with zero attached hydrogens (tertiary/aromatic N) is 1. The first kappa shape index (κ1) is 10.2. The Bertz CT molecular complexity index is 347. The summed E-state index contributed by atoms with van der Waals surface area (Å²) in [5.74, 6) is -0.146. The van der Waals surface area contributed by atoms with Gasteiger partial charge in [-0.3, -0.25) is 4.90 Å². The van der Waals surface area contributed by atoms with Crippen LogP contribution in [-0.2, 0) is 6.54 Å². The van der Waals surface area contributed by atoms with Crippen molar-refractivity contribution in [3.8, 4) is 0 Å². The van der Waals surface area contributed by atoms with Crippen molar-refractivity contribution in [2.75, 3.05) is 13.1 Å². The predicted molar refractivity (Wildman–Crippen MR) is 61.6 cm³/mol. The lowest BCUT2D eigenvalue weighted by molar-refractivity contribution is 0.145. The molecule has 2 atom stereocenters. The van der Waals surface area contributed by atoms with Gasteiger partial charge in [0.15, 0.2) is 0 Å². The molecule has 0 aliphatic carbocycles. The number of rotatable bonds is 2. The fraction of sp³-hybridized carbons (Fsp3) is 0.538. The molecule has 1 N–H and O–H groups in total. The van der Waals surface area contributed by atoms with E-state index in [9.17, 15) is 4.39 Å². The molecule has 0 spiro atoms. The van der Waals surface area contributed by atoms with Crippen LogP contribution < -0.4 is 5.32 Å². The van der Waals surface area contributed by atoms with E-state index in [-0.39, 0.29) is 5.82 Å². The summed E-state index contributed by atoms with van der Waals surface area (Å²) < 4.78 is 12.8. The first-order chi connectivity index (χ1) is 7.83. The van der Waals surface area contributed by atoms with Gasteiger partial charge in [-0.05, 0) is 30.5 Å². The monoisotopic (exact) mass is 220 g/mol. The van der Waals surface area contributed by atoms with Gasteiger partial charge in [0, 0.05) is 31.7 Å². The van der Waals surface area contributed by atoms with Gasteiger partial charge < -0.3 is 5.32 Å². The number of hydrogen-bond acceptors (Lipinski definition) is 2. The molecule has 2 heterocycles. The van der Waals surface area contributed by atoms with Gasteiger partial charge in [-0.15, -0.1) is 0 Å². The molecule has 0 saturated carbocycles. The second-order valence-corrected chi connectivity index (χ2v) is 4.84. The van der Waals surface area contributed by atoms with E-state index in [1.807, 2.05) is 12.1 Å². The third-order valence-corrected chi connectivity index (χ3v) is 3.81. The quantitative estimate of drug-likeness (QED) is 0.817. The number of benzene rings is 1. The highest BCUT2D eigenvalue weighted by Gasteiger charge is 2.35. The fourth-order valence-corrected chi connectivity index (χ4v) is 2.93. The Hall–Kier alpha value is -0.930. The van der Waals surface area contributed by atoms with Crippen molar-refractivity contribution >= 4 is 0 Å². The van der Waals surface area contributed by atoms with Crippen LogP contribution in [-0.4, -0.2) is 30.1 Å². The minimum atomic E-state index is -0.146. The molecule has 1 aromatic carbocycles. The van der Waals surface area contributed by atoms with Crippen LogP contribution in [0.3, 0.4) is 0 Å². The number of halogens is 1. The summed E-state index contributed by atoms with van der Waals surface area (Å²) in [5, 5.41) is 3.47. The summed E-state index contributed by atoms with van der Waals surface area (Å²) in [7, 11) is 0. The van der Waals surface area contributed by atoms with Gasteiger partial charge in [-0.25, -0.2) is 4.39 Å². The molecule has 0 amide bonds. The maximum atomic E-state index is 12.8. The number of hydrogen-bond donors (Lipinski definition) is 1. The van der Waals surface area contributed by atoms with Crippen molar-refractivity contribution in [1.29, 1.82) is 0 Å². The van der Waals surface area contributed by atoms with Gasteiger partial charge in [0.25, 0.3) is 0 Å². The molecular weight excluding hydrogens is 203 g/mol. The zero-order chi connectivity index (χ0) is 11.0. The van der Waals surface area contributed by atoms with Crippen LogP contribution in [0.25, 0.3) is 0 Å².